The van der Waals surface area contributed by atoms with Crippen LogP contribution in [0.3, 0.4) is 0 Å². The molecule has 9 atom stereocenters. The Morgan fingerprint density at radius 2 is 1.85 bits per heavy atom. The molecule has 5 N–H and O–H groups in total. The number of fused-ring (bicyclic) bond motifs is 5. The predicted octanol–water partition coefficient (Wildman–Crippen LogP) is 6.22. The number of nitrogens with zero attached hydrogens (tertiary/aromatic N) is 1. The number of aliphatic imine (C=N–C) groups is 1. The third-order valence-corrected chi connectivity index (χ3v) is 12.1. The molecule has 0 bridgehead atoms. The number of nitrogens with one attached hydrogen (secondary N) is 1. The number of hydrogen-bond donors (Lipinski definition) is 4. The Morgan fingerprint density at radius 1 is 1.07 bits per heavy atom. The molecule has 0 saturated heterocycles. The molecule has 4 rings (SSSR count). The number of carbonyl (C=O) groups is 1. The minimum atomic E-state index is -0.672. The van der Waals surface area contributed by atoms with Crippen LogP contribution in [0.15, 0.2) is 16.6 Å². The summed E-state index contributed by atoms with van der Waals surface area (Å²) in [6.07, 6.45) is 16.4. The van der Waals surface area contributed by atoms with Gasteiger partial charge in [0.15, 0.2) is 0 Å². The first-order valence-electron chi connectivity index (χ1n) is 16.7. The summed E-state index contributed by atoms with van der Waals surface area (Å²) in [6, 6.07) is 0. The highest BCUT2D eigenvalue weighted by atomic mass is 16.4. The molecule has 6 nitrogen and oxygen atoms in total. The fourth-order valence-electron chi connectivity index (χ4n) is 9.62. The van der Waals surface area contributed by atoms with Crippen molar-refractivity contribution in [3.05, 3.63) is 11.6 Å². The first-order valence-corrected chi connectivity index (χ1v) is 16.7. The van der Waals surface area contributed by atoms with Gasteiger partial charge in [-0.2, -0.15) is 0 Å². The highest BCUT2D eigenvalue weighted by Gasteiger charge is 2.61. The summed E-state index contributed by atoms with van der Waals surface area (Å²) in [5.74, 6) is 1.92. The Bertz CT molecular complexity index is 918. The smallest absolute Gasteiger partial charge is 0.306 e. The van der Waals surface area contributed by atoms with E-state index in [1.807, 2.05) is 6.92 Å². The molecule has 0 aliphatic heterocycles. The van der Waals surface area contributed by atoms with Crippen molar-refractivity contribution >= 4 is 11.7 Å². The van der Waals surface area contributed by atoms with Gasteiger partial charge in [-0.3, -0.25) is 9.79 Å². The van der Waals surface area contributed by atoms with Crippen molar-refractivity contribution in [3.8, 4) is 0 Å². The summed E-state index contributed by atoms with van der Waals surface area (Å²) in [6.45, 7) is 13.0. The molecule has 0 amide bonds. The summed E-state index contributed by atoms with van der Waals surface area (Å²) in [5, 5.41) is 24.4. The second kappa shape index (κ2) is 13.8. The topological polar surface area (TPSA) is 108 Å². The van der Waals surface area contributed by atoms with Crippen LogP contribution >= 0.6 is 0 Å². The van der Waals surface area contributed by atoms with E-state index >= 15 is 0 Å². The molecule has 4 aliphatic rings. The van der Waals surface area contributed by atoms with Crippen molar-refractivity contribution in [1.29, 1.82) is 0 Å². The van der Waals surface area contributed by atoms with Gasteiger partial charge in [0.2, 0.25) is 0 Å². The summed E-state index contributed by atoms with van der Waals surface area (Å²) >= 11 is 0. The minimum Gasteiger partial charge on any atom is -0.481 e. The Labute approximate surface area is 244 Å². The van der Waals surface area contributed by atoms with E-state index in [2.05, 4.69) is 32.2 Å². The van der Waals surface area contributed by atoms with Crippen LogP contribution < -0.4 is 11.1 Å². The van der Waals surface area contributed by atoms with Gasteiger partial charge in [0.25, 0.3) is 0 Å². The van der Waals surface area contributed by atoms with Crippen LogP contribution in [0.1, 0.15) is 111 Å². The molecular formula is C34H59N3O3. The molecule has 0 heterocycles. The molecule has 40 heavy (non-hydrogen) atoms. The quantitative estimate of drug-likeness (QED) is 0.150. The molecule has 0 spiro atoms. The van der Waals surface area contributed by atoms with Gasteiger partial charge in [0, 0.05) is 18.7 Å². The molecule has 3 unspecified atom stereocenters. The maximum atomic E-state index is 11.6. The van der Waals surface area contributed by atoms with Crippen LogP contribution in [0, 0.1) is 46.3 Å². The third-order valence-electron chi connectivity index (χ3n) is 12.1. The van der Waals surface area contributed by atoms with E-state index < -0.39 is 5.97 Å². The van der Waals surface area contributed by atoms with Gasteiger partial charge in [-0.05, 0) is 124 Å². The van der Waals surface area contributed by atoms with E-state index in [1.165, 1.54) is 43.4 Å². The van der Waals surface area contributed by atoms with Gasteiger partial charge in [-0.1, -0.05) is 52.2 Å². The molecule has 0 radical (unpaired) electrons. The van der Waals surface area contributed by atoms with Gasteiger partial charge in [-0.25, -0.2) is 0 Å². The average molecular weight is 558 g/mol. The fraction of sp³-hybridized carbons (Fsp3) is 0.882. The number of aliphatic hydroxyl groups excluding tert-OH is 1. The van der Waals surface area contributed by atoms with Crippen molar-refractivity contribution in [3.63, 3.8) is 0 Å². The molecule has 4 aliphatic carbocycles. The predicted molar refractivity (Wildman–Crippen MR) is 164 cm³/mol. The van der Waals surface area contributed by atoms with E-state index in [-0.39, 0.29) is 17.4 Å². The Hall–Kier alpha value is -1.24. The number of nitrogens with two attached hydrogens (primary N) is 1. The number of aliphatic hydroxyl groups is 1. The fourth-order valence-corrected chi connectivity index (χ4v) is 9.62. The molecule has 0 aromatic heterocycles. The number of unbranched alkanes of at least 4 members (excludes halogenated alkanes) is 1. The van der Waals surface area contributed by atoms with Crippen molar-refractivity contribution in [2.75, 3.05) is 26.2 Å². The Morgan fingerprint density at radius 3 is 2.60 bits per heavy atom. The maximum Gasteiger partial charge on any atom is 0.306 e. The lowest BCUT2D eigenvalue weighted by Crippen LogP contribution is -2.54. The largest absolute Gasteiger partial charge is 0.481 e. The highest BCUT2D eigenvalue weighted by Crippen LogP contribution is 2.67. The molecule has 6 heteroatoms. The first kappa shape index (κ1) is 31.7. The SMILES string of the molecule is C[C@H](CCC[C@@H](C)[C@H]1CCC2C3C(CC[C@@]21C)[C@@]1(C)CCC(=NCCCNCCCCN)CC1=C[C@H]3O)C(=O)O. The molecule has 3 saturated carbocycles. The van der Waals surface area contributed by atoms with E-state index in [9.17, 15) is 15.0 Å². The van der Waals surface area contributed by atoms with Crippen LogP contribution in [0.25, 0.3) is 0 Å². The highest BCUT2D eigenvalue weighted by molar-refractivity contribution is 5.88. The first-order chi connectivity index (χ1) is 19.1. The lowest BCUT2D eigenvalue weighted by atomic mass is 9.46. The minimum absolute atomic E-state index is 0.200. The number of carboxylic acid groups (broad SMARTS) is 1. The van der Waals surface area contributed by atoms with Gasteiger partial charge < -0.3 is 21.3 Å². The second-order valence-electron chi connectivity index (χ2n) is 14.5. The van der Waals surface area contributed by atoms with E-state index in [0.29, 0.717) is 35.0 Å². The summed E-state index contributed by atoms with van der Waals surface area (Å²) < 4.78 is 0. The lowest BCUT2D eigenvalue weighted by molar-refractivity contribution is -0.141. The van der Waals surface area contributed by atoms with Gasteiger partial charge in [0.05, 0.1) is 12.0 Å². The Balaban J connectivity index is 1.35. The standard InChI is InChI=1S/C34H59N3O3/c1-23(9-7-10-24(2)32(39)40)27-11-12-28-31-29(14-16-34(27,28)4)33(3)15-13-26(21-25(33)22-30(31)38)37-20-8-19-36-18-6-5-17-35/h22-24,27-31,36,38H,5-21,35H2,1-4H3,(H,39,40)/t23-,24-,27-,28?,29?,30-,31?,33+,34-/m1/s1. The van der Waals surface area contributed by atoms with Crippen LogP contribution in [0.5, 0.6) is 0 Å². The zero-order valence-corrected chi connectivity index (χ0v) is 26.0. The van der Waals surface area contributed by atoms with Crippen LogP contribution in [0.4, 0.5) is 0 Å². The van der Waals surface area contributed by atoms with Crippen molar-refractivity contribution in [1.82, 2.24) is 5.32 Å². The van der Waals surface area contributed by atoms with Crippen LogP contribution in [-0.2, 0) is 4.79 Å². The van der Waals surface area contributed by atoms with Gasteiger partial charge >= 0.3 is 5.97 Å². The number of carboxylic acids is 1. The van der Waals surface area contributed by atoms with Crippen molar-refractivity contribution < 1.29 is 15.0 Å². The van der Waals surface area contributed by atoms with Crippen molar-refractivity contribution in [2.45, 2.75) is 117 Å². The monoisotopic (exact) mass is 557 g/mol. The molecule has 0 aromatic carbocycles. The van der Waals surface area contributed by atoms with E-state index in [0.717, 1.165) is 77.5 Å². The second-order valence-corrected chi connectivity index (χ2v) is 14.5. The van der Waals surface area contributed by atoms with Gasteiger partial charge in [0.1, 0.15) is 0 Å². The number of allylic oxidation sites excluding steroid dienone is 1. The Kier molecular flexibility index (Phi) is 11.0. The number of aliphatic carboxylic acids is 1. The normalized spacial score (nSPS) is 37.8. The molecule has 0 aromatic rings. The average Bonchev–Trinajstić information content (AvgIpc) is 3.27. The van der Waals surface area contributed by atoms with Crippen LogP contribution in [0.2, 0.25) is 0 Å². The number of rotatable bonds is 14. The summed E-state index contributed by atoms with van der Waals surface area (Å²) in [4.78, 5) is 16.3. The molecule has 3 fully saturated rings. The van der Waals surface area contributed by atoms with Crippen LogP contribution in [-0.4, -0.2) is 54.2 Å². The maximum absolute atomic E-state index is 11.6. The molecular weight excluding hydrogens is 498 g/mol. The van der Waals surface area contributed by atoms with E-state index in [1.54, 1.807) is 0 Å². The zero-order valence-electron chi connectivity index (χ0n) is 26.0. The lowest BCUT2D eigenvalue weighted by Gasteiger charge is -2.59. The number of hydrogen-bond acceptors (Lipinski definition) is 5. The summed E-state index contributed by atoms with van der Waals surface area (Å²) in [7, 11) is 0. The molecule has 228 valence electrons. The third kappa shape index (κ3) is 6.70. The summed E-state index contributed by atoms with van der Waals surface area (Å²) in [5.41, 5.74) is 8.86. The van der Waals surface area contributed by atoms with Crippen molar-refractivity contribution in [2.24, 2.45) is 57.1 Å². The van der Waals surface area contributed by atoms with Gasteiger partial charge in [-0.15, -0.1) is 0 Å². The van der Waals surface area contributed by atoms with E-state index in [4.69, 9.17) is 10.7 Å². The zero-order chi connectivity index (χ0) is 28.9.